The number of benzene rings is 2. The van der Waals surface area contributed by atoms with Crippen LogP contribution in [0.4, 0.5) is 11.4 Å². The predicted octanol–water partition coefficient (Wildman–Crippen LogP) is 3.51. The average Bonchev–Trinajstić information content (AvgIpc) is 3.15. The Kier molecular flexibility index (Phi) is 5.71. The van der Waals surface area contributed by atoms with Crippen LogP contribution in [0, 0.1) is 19.8 Å². The van der Waals surface area contributed by atoms with E-state index in [4.69, 9.17) is 0 Å². The molecule has 3 aromatic rings. The van der Waals surface area contributed by atoms with Gasteiger partial charge in [-0.15, -0.1) is 0 Å². The minimum Gasteiger partial charge on any atom is -0.326 e. The van der Waals surface area contributed by atoms with E-state index in [1.165, 1.54) is 6.07 Å². The van der Waals surface area contributed by atoms with Gasteiger partial charge in [0.15, 0.2) is 0 Å². The number of amides is 2. The van der Waals surface area contributed by atoms with Crippen molar-refractivity contribution in [2.75, 3.05) is 16.8 Å². The van der Waals surface area contributed by atoms with E-state index in [1.54, 1.807) is 21.7 Å². The molecule has 4 rings (SSSR count). The maximum Gasteiger partial charge on any atom is 0.250 e. The van der Waals surface area contributed by atoms with Gasteiger partial charge < -0.3 is 14.8 Å². The molecule has 1 unspecified atom stereocenters. The number of carbonyl (C=O) groups excluding carboxylic acids is 2. The third kappa shape index (κ3) is 4.43. The van der Waals surface area contributed by atoms with E-state index in [1.807, 2.05) is 62.4 Å². The Bertz CT molecular complexity index is 1180. The second-order valence-corrected chi connectivity index (χ2v) is 7.98. The molecular formula is C25H25N3O3. The molecule has 1 aliphatic heterocycles. The first-order valence-corrected chi connectivity index (χ1v) is 10.3. The monoisotopic (exact) mass is 415 g/mol. The first-order chi connectivity index (χ1) is 14.9. The Morgan fingerprint density at radius 3 is 2.52 bits per heavy atom. The second-order valence-electron chi connectivity index (χ2n) is 7.98. The molecule has 2 heterocycles. The number of nitrogens with zero attached hydrogens (tertiary/aromatic N) is 2. The molecule has 0 aliphatic carbocycles. The van der Waals surface area contributed by atoms with E-state index in [9.17, 15) is 14.4 Å². The number of nitrogens with one attached hydrogen (secondary N) is 1. The average molecular weight is 415 g/mol. The maximum atomic E-state index is 12.8. The first kappa shape index (κ1) is 20.6. The van der Waals surface area contributed by atoms with Gasteiger partial charge in [0, 0.05) is 36.6 Å². The number of carbonyl (C=O) groups is 2. The Morgan fingerprint density at radius 1 is 1.00 bits per heavy atom. The van der Waals surface area contributed by atoms with Gasteiger partial charge in [-0.05, 0) is 54.8 Å². The molecule has 0 saturated carbocycles. The van der Waals surface area contributed by atoms with Crippen molar-refractivity contribution in [1.82, 2.24) is 4.57 Å². The summed E-state index contributed by atoms with van der Waals surface area (Å²) in [7, 11) is 0. The largest absolute Gasteiger partial charge is 0.326 e. The van der Waals surface area contributed by atoms with Crippen LogP contribution in [0.1, 0.15) is 23.1 Å². The summed E-state index contributed by atoms with van der Waals surface area (Å²) in [6.07, 6.45) is 1.95. The van der Waals surface area contributed by atoms with E-state index in [2.05, 4.69) is 5.32 Å². The van der Waals surface area contributed by atoms with Crippen LogP contribution in [-0.4, -0.2) is 22.9 Å². The van der Waals surface area contributed by atoms with Crippen molar-refractivity contribution in [3.05, 3.63) is 93.9 Å². The summed E-state index contributed by atoms with van der Waals surface area (Å²) in [5.74, 6) is -0.583. The van der Waals surface area contributed by atoms with Gasteiger partial charge in [-0.2, -0.15) is 0 Å². The van der Waals surface area contributed by atoms with Crippen LogP contribution in [0.15, 0.2) is 71.7 Å². The third-order valence-electron chi connectivity index (χ3n) is 5.84. The lowest BCUT2D eigenvalue weighted by Crippen LogP contribution is -2.28. The van der Waals surface area contributed by atoms with Crippen LogP contribution < -0.4 is 15.8 Å². The smallest absolute Gasteiger partial charge is 0.250 e. The highest BCUT2D eigenvalue weighted by molar-refractivity contribution is 6.03. The fraction of sp³-hybridized carbons (Fsp3) is 0.240. The lowest BCUT2D eigenvalue weighted by atomic mass is 10.1. The van der Waals surface area contributed by atoms with E-state index in [0.717, 1.165) is 22.4 Å². The molecule has 1 atom stereocenters. The SMILES string of the molecule is Cc1cccc(N2CC(C(=O)Nc3ccc(Cn4ccccc4=O)cc3)CC2=O)c1C. The normalized spacial score (nSPS) is 15.9. The second kappa shape index (κ2) is 8.60. The summed E-state index contributed by atoms with van der Waals surface area (Å²) >= 11 is 0. The standard InChI is InChI=1S/C25H25N3O3/c1-17-6-5-7-22(18(17)2)28-16-20(14-24(28)30)25(31)26-21-11-9-19(10-12-21)15-27-13-4-3-8-23(27)29/h3-13,20H,14-16H2,1-2H3,(H,26,31). The molecular weight excluding hydrogens is 390 g/mol. The zero-order chi connectivity index (χ0) is 22.0. The van der Waals surface area contributed by atoms with Gasteiger partial charge >= 0.3 is 0 Å². The number of hydrogen-bond acceptors (Lipinski definition) is 3. The summed E-state index contributed by atoms with van der Waals surface area (Å²) < 4.78 is 1.62. The number of rotatable bonds is 5. The molecule has 2 aromatic carbocycles. The first-order valence-electron chi connectivity index (χ1n) is 10.3. The lowest BCUT2D eigenvalue weighted by Gasteiger charge is -2.20. The molecule has 6 nitrogen and oxygen atoms in total. The predicted molar refractivity (Wildman–Crippen MR) is 121 cm³/mol. The number of anilines is 2. The van der Waals surface area contributed by atoms with Gasteiger partial charge in [0.25, 0.3) is 5.56 Å². The molecule has 158 valence electrons. The Labute approximate surface area is 181 Å². The molecule has 1 aliphatic rings. The van der Waals surface area contributed by atoms with Crippen molar-refractivity contribution in [3.63, 3.8) is 0 Å². The number of aromatic nitrogens is 1. The molecule has 1 fully saturated rings. The van der Waals surface area contributed by atoms with Crippen molar-refractivity contribution >= 4 is 23.2 Å². The van der Waals surface area contributed by atoms with Crippen molar-refractivity contribution < 1.29 is 9.59 Å². The highest BCUT2D eigenvalue weighted by atomic mass is 16.2. The Hall–Kier alpha value is -3.67. The fourth-order valence-electron chi connectivity index (χ4n) is 3.87. The summed E-state index contributed by atoms with van der Waals surface area (Å²) in [5.41, 5.74) is 4.64. The van der Waals surface area contributed by atoms with Gasteiger partial charge in [-0.3, -0.25) is 14.4 Å². The number of hydrogen-bond donors (Lipinski definition) is 1. The van der Waals surface area contributed by atoms with Crippen LogP contribution in [-0.2, 0) is 16.1 Å². The summed E-state index contributed by atoms with van der Waals surface area (Å²) in [6.45, 7) is 4.86. The van der Waals surface area contributed by atoms with Crippen molar-refractivity contribution in [2.24, 2.45) is 5.92 Å². The van der Waals surface area contributed by atoms with Crippen molar-refractivity contribution in [3.8, 4) is 0 Å². The molecule has 1 saturated heterocycles. The van der Waals surface area contributed by atoms with Crippen LogP contribution in [0.5, 0.6) is 0 Å². The quantitative estimate of drug-likeness (QED) is 0.693. The van der Waals surface area contributed by atoms with Crippen LogP contribution in [0.3, 0.4) is 0 Å². The van der Waals surface area contributed by atoms with E-state index in [0.29, 0.717) is 18.8 Å². The van der Waals surface area contributed by atoms with Crippen molar-refractivity contribution in [2.45, 2.75) is 26.8 Å². The molecule has 1 N–H and O–H groups in total. The van der Waals surface area contributed by atoms with Crippen molar-refractivity contribution in [1.29, 1.82) is 0 Å². The highest BCUT2D eigenvalue weighted by Crippen LogP contribution is 2.30. The Balaban J connectivity index is 1.40. The summed E-state index contributed by atoms with van der Waals surface area (Å²) in [4.78, 5) is 38.9. The number of aryl methyl sites for hydroxylation is 1. The van der Waals surface area contributed by atoms with Gasteiger partial charge in [-0.25, -0.2) is 0 Å². The van der Waals surface area contributed by atoms with Crippen LogP contribution >= 0.6 is 0 Å². The van der Waals surface area contributed by atoms with E-state index >= 15 is 0 Å². The minimum absolute atomic E-state index is 0.0301. The maximum absolute atomic E-state index is 12.8. The minimum atomic E-state index is -0.394. The zero-order valence-electron chi connectivity index (χ0n) is 17.7. The molecule has 0 bridgehead atoms. The highest BCUT2D eigenvalue weighted by Gasteiger charge is 2.35. The zero-order valence-corrected chi connectivity index (χ0v) is 17.7. The molecule has 0 radical (unpaired) electrons. The Morgan fingerprint density at radius 2 is 1.77 bits per heavy atom. The van der Waals surface area contributed by atoms with Crippen LogP contribution in [0.25, 0.3) is 0 Å². The van der Waals surface area contributed by atoms with Gasteiger partial charge in [-0.1, -0.05) is 30.3 Å². The summed E-state index contributed by atoms with van der Waals surface area (Å²) in [5, 5.41) is 2.92. The van der Waals surface area contributed by atoms with E-state index < -0.39 is 5.92 Å². The summed E-state index contributed by atoms with van der Waals surface area (Å²) in [6, 6.07) is 18.4. The molecule has 1 aromatic heterocycles. The van der Waals surface area contributed by atoms with Gasteiger partial charge in [0.05, 0.1) is 12.5 Å². The molecule has 0 spiro atoms. The third-order valence-corrected chi connectivity index (χ3v) is 5.84. The molecule has 2 amide bonds. The van der Waals surface area contributed by atoms with E-state index in [-0.39, 0.29) is 23.8 Å². The molecule has 6 heteroatoms. The topological polar surface area (TPSA) is 71.4 Å². The number of pyridine rings is 1. The fourth-order valence-corrected chi connectivity index (χ4v) is 3.87. The van der Waals surface area contributed by atoms with Crippen LogP contribution in [0.2, 0.25) is 0 Å². The molecule has 31 heavy (non-hydrogen) atoms. The van der Waals surface area contributed by atoms with Gasteiger partial charge in [0.2, 0.25) is 11.8 Å². The van der Waals surface area contributed by atoms with Gasteiger partial charge in [0.1, 0.15) is 0 Å². The lowest BCUT2D eigenvalue weighted by molar-refractivity contribution is -0.122.